The molecule has 0 atom stereocenters. The Labute approximate surface area is 74.1 Å². The SMILES string of the molecule is Cc1c(C#N)cnc2sccc12. The van der Waals surface area contributed by atoms with Crippen LogP contribution in [0.1, 0.15) is 11.1 Å². The second kappa shape index (κ2) is 2.58. The Morgan fingerprint density at radius 3 is 3.17 bits per heavy atom. The minimum Gasteiger partial charge on any atom is -0.244 e. The first kappa shape index (κ1) is 7.26. The Hall–Kier alpha value is -1.40. The lowest BCUT2D eigenvalue weighted by Crippen LogP contribution is -1.84. The minimum absolute atomic E-state index is 0.668. The van der Waals surface area contributed by atoms with Crippen LogP contribution < -0.4 is 0 Å². The first-order chi connectivity index (χ1) is 5.83. The maximum atomic E-state index is 8.73. The Morgan fingerprint density at radius 2 is 2.42 bits per heavy atom. The van der Waals surface area contributed by atoms with Gasteiger partial charge in [0.05, 0.1) is 5.56 Å². The third-order valence-electron chi connectivity index (χ3n) is 1.88. The second-order valence-corrected chi connectivity index (χ2v) is 3.44. The summed E-state index contributed by atoms with van der Waals surface area (Å²) >= 11 is 1.60. The van der Waals surface area contributed by atoms with Gasteiger partial charge in [0, 0.05) is 11.6 Å². The maximum absolute atomic E-state index is 8.73. The normalized spacial score (nSPS) is 10.0. The average molecular weight is 174 g/mol. The van der Waals surface area contributed by atoms with E-state index in [1.54, 1.807) is 17.5 Å². The molecule has 0 saturated carbocycles. The smallest absolute Gasteiger partial charge is 0.123 e. The van der Waals surface area contributed by atoms with Crippen molar-refractivity contribution in [3.05, 3.63) is 28.8 Å². The number of rotatable bonds is 0. The molecule has 2 nitrogen and oxygen atoms in total. The second-order valence-electron chi connectivity index (χ2n) is 2.55. The highest BCUT2D eigenvalue weighted by atomic mass is 32.1. The van der Waals surface area contributed by atoms with Crippen LogP contribution >= 0.6 is 11.3 Å². The first-order valence-corrected chi connectivity index (χ1v) is 4.44. The lowest BCUT2D eigenvalue weighted by atomic mass is 10.1. The van der Waals surface area contributed by atoms with Gasteiger partial charge in [-0.05, 0) is 23.9 Å². The van der Waals surface area contributed by atoms with Crippen LogP contribution in [-0.4, -0.2) is 4.98 Å². The van der Waals surface area contributed by atoms with E-state index in [0.717, 1.165) is 15.8 Å². The molecule has 0 bridgehead atoms. The van der Waals surface area contributed by atoms with Crippen LogP contribution in [0, 0.1) is 18.3 Å². The van der Waals surface area contributed by atoms with Crippen LogP contribution in [0.5, 0.6) is 0 Å². The largest absolute Gasteiger partial charge is 0.244 e. The molecule has 0 N–H and O–H groups in total. The summed E-state index contributed by atoms with van der Waals surface area (Å²) in [5.41, 5.74) is 1.70. The average Bonchev–Trinajstić information content (AvgIpc) is 2.53. The van der Waals surface area contributed by atoms with Gasteiger partial charge in [-0.3, -0.25) is 0 Å². The topological polar surface area (TPSA) is 36.7 Å². The molecule has 0 aliphatic heterocycles. The molecule has 0 radical (unpaired) electrons. The van der Waals surface area contributed by atoms with Crippen molar-refractivity contribution in [2.24, 2.45) is 0 Å². The number of hydrogen-bond acceptors (Lipinski definition) is 3. The molecule has 0 saturated heterocycles. The number of nitrogens with zero attached hydrogens (tertiary/aromatic N) is 2. The van der Waals surface area contributed by atoms with Crippen LogP contribution in [-0.2, 0) is 0 Å². The van der Waals surface area contributed by atoms with E-state index >= 15 is 0 Å². The third kappa shape index (κ3) is 0.892. The molecule has 0 aliphatic carbocycles. The highest BCUT2D eigenvalue weighted by Gasteiger charge is 2.03. The van der Waals surface area contributed by atoms with Gasteiger partial charge in [0.25, 0.3) is 0 Å². The summed E-state index contributed by atoms with van der Waals surface area (Å²) in [6.07, 6.45) is 1.63. The molecule has 0 aliphatic rings. The number of pyridine rings is 1. The van der Waals surface area contributed by atoms with E-state index < -0.39 is 0 Å². The Balaban J connectivity index is 2.89. The molecule has 0 amide bonds. The Bertz CT molecular complexity index is 465. The molecule has 0 aromatic carbocycles. The summed E-state index contributed by atoms with van der Waals surface area (Å²) in [4.78, 5) is 5.17. The van der Waals surface area contributed by atoms with E-state index in [4.69, 9.17) is 5.26 Å². The number of thiophene rings is 1. The van der Waals surface area contributed by atoms with Crippen molar-refractivity contribution in [1.82, 2.24) is 4.98 Å². The standard InChI is InChI=1S/C9H6N2S/c1-6-7(4-10)5-11-9-8(6)2-3-12-9/h2-3,5H,1H3. The van der Waals surface area contributed by atoms with Crippen molar-refractivity contribution in [3.8, 4) is 6.07 Å². The lowest BCUT2D eigenvalue weighted by molar-refractivity contribution is 1.34. The summed E-state index contributed by atoms with van der Waals surface area (Å²) in [7, 11) is 0. The molecule has 12 heavy (non-hydrogen) atoms. The fraction of sp³-hybridized carbons (Fsp3) is 0.111. The monoisotopic (exact) mass is 174 g/mol. The zero-order valence-electron chi connectivity index (χ0n) is 6.53. The molecule has 2 rings (SSSR count). The molecule has 3 heteroatoms. The Morgan fingerprint density at radius 1 is 1.58 bits per heavy atom. The third-order valence-corrected chi connectivity index (χ3v) is 2.70. The van der Waals surface area contributed by atoms with Gasteiger partial charge in [-0.1, -0.05) is 0 Å². The molecule has 2 heterocycles. The van der Waals surface area contributed by atoms with Crippen molar-refractivity contribution in [2.45, 2.75) is 6.92 Å². The molecule has 2 aromatic rings. The highest BCUT2D eigenvalue weighted by molar-refractivity contribution is 7.16. The number of nitriles is 1. The van der Waals surface area contributed by atoms with Crippen LogP contribution in [0.25, 0.3) is 10.2 Å². The number of hydrogen-bond donors (Lipinski definition) is 0. The summed E-state index contributed by atoms with van der Waals surface area (Å²) in [5, 5.41) is 11.8. The first-order valence-electron chi connectivity index (χ1n) is 3.56. The van der Waals surface area contributed by atoms with Crippen molar-refractivity contribution in [1.29, 1.82) is 5.26 Å². The molecule has 58 valence electrons. The summed E-state index contributed by atoms with van der Waals surface area (Å²) < 4.78 is 0. The molecule has 0 spiro atoms. The fourth-order valence-corrected chi connectivity index (χ4v) is 1.96. The summed E-state index contributed by atoms with van der Waals surface area (Å²) in [5.74, 6) is 0. The molecule has 2 aromatic heterocycles. The lowest BCUT2D eigenvalue weighted by Gasteiger charge is -1.96. The van der Waals surface area contributed by atoms with Gasteiger partial charge in [0.1, 0.15) is 10.9 Å². The van der Waals surface area contributed by atoms with Gasteiger partial charge >= 0.3 is 0 Å². The van der Waals surface area contributed by atoms with E-state index in [2.05, 4.69) is 11.1 Å². The van der Waals surface area contributed by atoms with Gasteiger partial charge in [0.15, 0.2) is 0 Å². The summed E-state index contributed by atoms with van der Waals surface area (Å²) in [6, 6.07) is 4.12. The molecule has 0 unspecified atom stereocenters. The number of aryl methyl sites for hydroxylation is 1. The van der Waals surface area contributed by atoms with E-state index in [1.165, 1.54) is 0 Å². The molecular weight excluding hydrogens is 168 g/mol. The van der Waals surface area contributed by atoms with E-state index in [9.17, 15) is 0 Å². The van der Waals surface area contributed by atoms with Gasteiger partial charge in [-0.25, -0.2) is 4.98 Å². The van der Waals surface area contributed by atoms with Crippen LogP contribution in [0.4, 0.5) is 0 Å². The quantitative estimate of drug-likeness (QED) is 0.615. The van der Waals surface area contributed by atoms with Gasteiger partial charge in [0.2, 0.25) is 0 Å². The Kier molecular flexibility index (Phi) is 1.56. The summed E-state index contributed by atoms with van der Waals surface area (Å²) in [6.45, 7) is 1.95. The van der Waals surface area contributed by atoms with Gasteiger partial charge < -0.3 is 0 Å². The number of fused-ring (bicyclic) bond motifs is 1. The van der Waals surface area contributed by atoms with Crippen LogP contribution in [0.2, 0.25) is 0 Å². The number of aromatic nitrogens is 1. The fourth-order valence-electron chi connectivity index (χ4n) is 1.16. The predicted molar refractivity (Wildman–Crippen MR) is 49.1 cm³/mol. The van der Waals surface area contributed by atoms with Crippen molar-refractivity contribution in [2.75, 3.05) is 0 Å². The van der Waals surface area contributed by atoms with E-state index in [1.807, 2.05) is 18.4 Å². The maximum Gasteiger partial charge on any atom is 0.123 e. The van der Waals surface area contributed by atoms with Crippen molar-refractivity contribution < 1.29 is 0 Å². The van der Waals surface area contributed by atoms with Gasteiger partial charge in [-0.15, -0.1) is 11.3 Å². The predicted octanol–water partition coefficient (Wildman–Crippen LogP) is 2.48. The zero-order chi connectivity index (χ0) is 8.55. The van der Waals surface area contributed by atoms with Crippen molar-refractivity contribution in [3.63, 3.8) is 0 Å². The molecule has 0 fully saturated rings. The minimum atomic E-state index is 0.668. The van der Waals surface area contributed by atoms with E-state index in [-0.39, 0.29) is 0 Å². The molecular formula is C9H6N2S. The van der Waals surface area contributed by atoms with Crippen molar-refractivity contribution >= 4 is 21.6 Å². The van der Waals surface area contributed by atoms with E-state index in [0.29, 0.717) is 5.56 Å². The van der Waals surface area contributed by atoms with Crippen LogP contribution in [0.3, 0.4) is 0 Å². The zero-order valence-corrected chi connectivity index (χ0v) is 7.35. The van der Waals surface area contributed by atoms with Crippen LogP contribution in [0.15, 0.2) is 17.6 Å². The highest BCUT2D eigenvalue weighted by Crippen LogP contribution is 2.23. The van der Waals surface area contributed by atoms with Gasteiger partial charge in [-0.2, -0.15) is 5.26 Å².